The Morgan fingerprint density at radius 3 is 2.89 bits per heavy atom. The first-order chi connectivity index (χ1) is 8.99. The molecule has 0 N–H and O–H groups in total. The number of carbonyl (C=O) groups is 1. The number of hydrogen-bond donors (Lipinski definition) is 0. The Hall–Kier alpha value is -1.25. The van der Waals surface area contributed by atoms with E-state index in [9.17, 15) is 4.79 Å². The van der Waals surface area contributed by atoms with Crippen molar-refractivity contribution in [1.29, 1.82) is 0 Å². The number of hydrogen-bond acceptors (Lipinski definition) is 2. The Morgan fingerprint density at radius 1 is 1.42 bits per heavy atom. The third-order valence-corrected chi connectivity index (χ3v) is 4.79. The standard InChI is InChI=1S/C16H21BO2/c1-10(2)11-5-6-16(8-11)9-14(18)13-7-12(17)3-4-15(13)19-16/h3-4,7,10-11H,5-6,8-9,17H2,1-2H3. The fraction of sp³-hybridized carbons (Fsp3) is 0.562. The van der Waals surface area contributed by atoms with Crippen molar-refractivity contribution in [2.45, 2.75) is 45.1 Å². The molecule has 1 aromatic rings. The van der Waals surface area contributed by atoms with Gasteiger partial charge in [0.1, 0.15) is 19.2 Å². The van der Waals surface area contributed by atoms with E-state index in [0.717, 1.165) is 29.6 Å². The van der Waals surface area contributed by atoms with Gasteiger partial charge in [0.25, 0.3) is 0 Å². The van der Waals surface area contributed by atoms with Gasteiger partial charge in [-0.2, -0.15) is 0 Å². The second kappa shape index (κ2) is 4.40. The molecule has 2 unspecified atom stereocenters. The zero-order valence-corrected chi connectivity index (χ0v) is 12.0. The smallest absolute Gasteiger partial charge is 0.170 e. The third kappa shape index (κ3) is 2.20. The molecule has 2 aliphatic rings. The summed E-state index contributed by atoms with van der Waals surface area (Å²) in [6.45, 7) is 4.54. The molecule has 0 amide bonds. The molecule has 2 nitrogen and oxygen atoms in total. The fourth-order valence-corrected chi connectivity index (χ4v) is 3.56. The van der Waals surface area contributed by atoms with Crippen LogP contribution in [0.2, 0.25) is 0 Å². The van der Waals surface area contributed by atoms with Crippen molar-refractivity contribution in [3.8, 4) is 5.75 Å². The average Bonchev–Trinajstić information content (AvgIpc) is 2.74. The molecular formula is C16H21BO2. The predicted octanol–water partition coefficient (Wildman–Crippen LogP) is 2.11. The largest absolute Gasteiger partial charge is 0.486 e. The van der Waals surface area contributed by atoms with E-state index in [-0.39, 0.29) is 11.4 Å². The molecule has 0 radical (unpaired) electrons. The normalized spacial score (nSPS) is 29.6. The monoisotopic (exact) mass is 256 g/mol. The van der Waals surface area contributed by atoms with Crippen molar-refractivity contribution in [2.24, 2.45) is 11.8 Å². The van der Waals surface area contributed by atoms with E-state index in [1.807, 2.05) is 26.0 Å². The Bertz CT molecular complexity index is 523. The lowest BCUT2D eigenvalue weighted by Crippen LogP contribution is -2.40. The zero-order chi connectivity index (χ0) is 13.6. The van der Waals surface area contributed by atoms with Crippen molar-refractivity contribution < 1.29 is 9.53 Å². The van der Waals surface area contributed by atoms with E-state index in [4.69, 9.17) is 4.74 Å². The summed E-state index contributed by atoms with van der Waals surface area (Å²) in [5, 5.41) is 0. The first-order valence-electron chi connectivity index (χ1n) is 7.32. The van der Waals surface area contributed by atoms with Crippen molar-refractivity contribution >= 4 is 19.1 Å². The summed E-state index contributed by atoms with van der Waals surface area (Å²) in [5.41, 5.74) is 1.69. The predicted molar refractivity (Wildman–Crippen MR) is 79.1 cm³/mol. The molecule has 19 heavy (non-hydrogen) atoms. The van der Waals surface area contributed by atoms with Crippen molar-refractivity contribution in [3.05, 3.63) is 23.8 Å². The maximum Gasteiger partial charge on any atom is 0.170 e. The van der Waals surface area contributed by atoms with Crippen molar-refractivity contribution in [3.63, 3.8) is 0 Å². The van der Waals surface area contributed by atoms with Crippen molar-refractivity contribution in [2.75, 3.05) is 0 Å². The molecule has 1 heterocycles. The van der Waals surface area contributed by atoms with E-state index >= 15 is 0 Å². The highest BCUT2D eigenvalue weighted by atomic mass is 16.5. The van der Waals surface area contributed by atoms with Gasteiger partial charge >= 0.3 is 0 Å². The molecule has 2 atom stereocenters. The number of carbonyl (C=O) groups excluding carboxylic acids is 1. The molecule has 100 valence electrons. The summed E-state index contributed by atoms with van der Waals surface area (Å²) >= 11 is 0. The van der Waals surface area contributed by atoms with Gasteiger partial charge in [-0.05, 0) is 37.2 Å². The molecule has 1 aliphatic carbocycles. The van der Waals surface area contributed by atoms with Gasteiger partial charge in [0.2, 0.25) is 0 Å². The van der Waals surface area contributed by atoms with Gasteiger partial charge in [0, 0.05) is 0 Å². The molecule has 1 saturated carbocycles. The number of benzene rings is 1. The minimum absolute atomic E-state index is 0.214. The number of Topliss-reactive ketones (excluding diaryl/α,β-unsaturated/α-hetero) is 1. The second-order valence-electron chi connectivity index (χ2n) is 6.63. The quantitative estimate of drug-likeness (QED) is 0.719. The SMILES string of the molecule is Bc1ccc2c(c1)C(=O)CC1(CCC(C(C)C)C1)O2. The number of fused-ring (bicyclic) bond motifs is 1. The van der Waals surface area contributed by atoms with Gasteiger partial charge in [-0.3, -0.25) is 4.79 Å². The minimum Gasteiger partial charge on any atom is -0.486 e. The Kier molecular flexibility index (Phi) is 2.96. The molecule has 0 aromatic heterocycles. The highest BCUT2D eigenvalue weighted by Crippen LogP contribution is 2.46. The van der Waals surface area contributed by atoms with E-state index in [1.54, 1.807) is 0 Å². The molecule has 1 aliphatic heterocycles. The van der Waals surface area contributed by atoms with Crippen LogP contribution < -0.4 is 10.2 Å². The summed E-state index contributed by atoms with van der Waals surface area (Å²) in [5.74, 6) is 2.43. The van der Waals surface area contributed by atoms with Crippen LogP contribution >= 0.6 is 0 Å². The highest BCUT2D eigenvalue weighted by molar-refractivity contribution is 6.32. The first kappa shape index (κ1) is 12.8. The molecule has 1 fully saturated rings. The summed E-state index contributed by atoms with van der Waals surface area (Å²) in [4.78, 5) is 12.4. The van der Waals surface area contributed by atoms with Gasteiger partial charge in [-0.25, -0.2) is 0 Å². The van der Waals surface area contributed by atoms with Crippen LogP contribution in [0.4, 0.5) is 0 Å². The summed E-state index contributed by atoms with van der Waals surface area (Å²) < 4.78 is 6.27. The highest BCUT2D eigenvalue weighted by Gasteiger charge is 2.46. The molecule has 0 bridgehead atoms. The maximum absolute atomic E-state index is 12.4. The van der Waals surface area contributed by atoms with Crippen molar-refractivity contribution in [1.82, 2.24) is 0 Å². The van der Waals surface area contributed by atoms with Gasteiger partial charge < -0.3 is 4.74 Å². The van der Waals surface area contributed by atoms with E-state index in [2.05, 4.69) is 13.8 Å². The minimum atomic E-state index is -0.214. The third-order valence-electron chi connectivity index (χ3n) is 4.79. The summed E-state index contributed by atoms with van der Waals surface area (Å²) in [6, 6.07) is 5.95. The fourth-order valence-electron chi connectivity index (χ4n) is 3.56. The van der Waals surface area contributed by atoms with E-state index in [1.165, 1.54) is 6.42 Å². The van der Waals surface area contributed by atoms with Gasteiger partial charge in [-0.1, -0.05) is 31.4 Å². The molecule has 3 heteroatoms. The number of ketones is 1. The van der Waals surface area contributed by atoms with Gasteiger partial charge in [-0.15, -0.1) is 0 Å². The Labute approximate surface area is 115 Å². The van der Waals surface area contributed by atoms with Crippen LogP contribution in [0.3, 0.4) is 0 Å². The second-order valence-corrected chi connectivity index (χ2v) is 6.63. The molecule has 1 aromatic carbocycles. The first-order valence-corrected chi connectivity index (χ1v) is 7.32. The zero-order valence-electron chi connectivity index (χ0n) is 12.0. The van der Waals surface area contributed by atoms with Crippen LogP contribution in [0.15, 0.2) is 18.2 Å². The molecular weight excluding hydrogens is 235 g/mol. The number of rotatable bonds is 1. The lowest BCUT2D eigenvalue weighted by Gasteiger charge is -2.35. The summed E-state index contributed by atoms with van der Waals surface area (Å²) in [7, 11) is 2.02. The van der Waals surface area contributed by atoms with Gasteiger partial charge in [0.05, 0.1) is 12.0 Å². The van der Waals surface area contributed by atoms with E-state index < -0.39 is 0 Å². The summed E-state index contributed by atoms with van der Waals surface area (Å²) in [6.07, 6.45) is 3.80. The number of ether oxygens (including phenoxy) is 1. The maximum atomic E-state index is 12.4. The van der Waals surface area contributed by atoms with Crippen LogP contribution in [0.25, 0.3) is 0 Å². The van der Waals surface area contributed by atoms with E-state index in [0.29, 0.717) is 18.3 Å². The van der Waals surface area contributed by atoms with Crippen LogP contribution in [0.1, 0.15) is 49.9 Å². The Balaban J connectivity index is 1.90. The van der Waals surface area contributed by atoms with Crippen LogP contribution in [0, 0.1) is 11.8 Å². The Morgan fingerprint density at radius 2 is 2.21 bits per heavy atom. The van der Waals surface area contributed by atoms with Crippen LogP contribution in [-0.4, -0.2) is 19.2 Å². The van der Waals surface area contributed by atoms with Gasteiger partial charge in [0.15, 0.2) is 5.78 Å². The molecule has 0 saturated heterocycles. The van der Waals surface area contributed by atoms with Crippen LogP contribution in [0.5, 0.6) is 5.75 Å². The molecule has 1 spiro atoms. The lowest BCUT2D eigenvalue weighted by molar-refractivity contribution is 0.0409. The topological polar surface area (TPSA) is 26.3 Å². The lowest BCUT2D eigenvalue weighted by atomic mass is 9.84. The average molecular weight is 256 g/mol. The molecule has 3 rings (SSSR count). The van der Waals surface area contributed by atoms with Crippen LogP contribution in [-0.2, 0) is 0 Å².